The van der Waals surface area contributed by atoms with Gasteiger partial charge < -0.3 is 14.9 Å². The van der Waals surface area contributed by atoms with E-state index in [1.807, 2.05) is 6.92 Å². The maximum Gasteiger partial charge on any atom is 0.309 e. The second kappa shape index (κ2) is 4.28. The summed E-state index contributed by atoms with van der Waals surface area (Å²) in [5.41, 5.74) is -1.09. The molecule has 3 atom stereocenters. The lowest BCUT2D eigenvalue weighted by Crippen LogP contribution is -2.48. The third kappa shape index (κ3) is 2.25. The Morgan fingerprint density at radius 1 is 1.71 bits per heavy atom. The van der Waals surface area contributed by atoms with E-state index in [0.717, 1.165) is 0 Å². The van der Waals surface area contributed by atoms with Crippen molar-refractivity contribution in [2.75, 3.05) is 6.61 Å². The number of aliphatic carboxylic acids is 1. The zero-order chi connectivity index (χ0) is 10.8. The minimum absolute atomic E-state index is 0.0536. The van der Waals surface area contributed by atoms with Crippen LogP contribution in [0.1, 0.15) is 33.1 Å². The Morgan fingerprint density at radius 3 is 2.79 bits per heavy atom. The number of ether oxygens (including phenoxy) is 1. The van der Waals surface area contributed by atoms with Gasteiger partial charge in [-0.25, -0.2) is 0 Å². The Balaban J connectivity index is 2.75. The molecule has 82 valence electrons. The second-order valence-corrected chi connectivity index (χ2v) is 4.04. The first-order valence-corrected chi connectivity index (χ1v) is 5.06. The second-order valence-electron chi connectivity index (χ2n) is 4.04. The lowest BCUT2D eigenvalue weighted by Gasteiger charge is -2.39. The third-order valence-corrected chi connectivity index (χ3v) is 2.93. The van der Waals surface area contributed by atoms with Crippen molar-refractivity contribution in [1.82, 2.24) is 0 Å². The fourth-order valence-electron chi connectivity index (χ4n) is 2.20. The van der Waals surface area contributed by atoms with E-state index in [0.29, 0.717) is 25.9 Å². The maximum atomic E-state index is 10.9. The molecule has 0 aromatic heterocycles. The first-order chi connectivity index (χ1) is 6.49. The van der Waals surface area contributed by atoms with Crippen LogP contribution < -0.4 is 0 Å². The van der Waals surface area contributed by atoms with Crippen molar-refractivity contribution in [2.45, 2.75) is 44.8 Å². The van der Waals surface area contributed by atoms with Gasteiger partial charge in [-0.3, -0.25) is 4.79 Å². The van der Waals surface area contributed by atoms with E-state index in [2.05, 4.69) is 0 Å². The van der Waals surface area contributed by atoms with Crippen molar-refractivity contribution in [3.8, 4) is 0 Å². The van der Waals surface area contributed by atoms with E-state index < -0.39 is 17.5 Å². The van der Waals surface area contributed by atoms with E-state index in [1.54, 1.807) is 6.92 Å². The molecule has 0 aromatic rings. The number of carboxylic acids is 1. The van der Waals surface area contributed by atoms with Crippen LogP contribution in [0.2, 0.25) is 0 Å². The van der Waals surface area contributed by atoms with Crippen LogP contribution in [-0.4, -0.2) is 34.5 Å². The molecule has 0 aromatic carbocycles. The van der Waals surface area contributed by atoms with Crippen LogP contribution in [0.25, 0.3) is 0 Å². The molecule has 0 saturated carbocycles. The highest BCUT2D eigenvalue weighted by atomic mass is 16.5. The average molecular weight is 202 g/mol. The molecule has 0 bridgehead atoms. The molecule has 1 saturated heterocycles. The zero-order valence-corrected chi connectivity index (χ0v) is 8.69. The Kier molecular flexibility index (Phi) is 3.50. The molecule has 3 unspecified atom stereocenters. The monoisotopic (exact) mass is 202 g/mol. The Labute approximate surface area is 83.9 Å². The number of rotatable bonds is 3. The van der Waals surface area contributed by atoms with Crippen LogP contribution in [0.5, 0.6) is 0 Å². The maximum absolute atomic E-state index is 10.9. The van der Waals surface area contributed by atoms with Gasteiger partial charge in [0.25, 0.3) is 0 Å². The normalized spacial score (nSPS) is 35.2. The third-order valence-electron chi connectivity index (χ3n) is 2.93. The molecule has 1 aliphatic rings. The Bertz CT molecular complexity index is 216. The van der Waals surface area contributed by atoms with Gasteiger partial charge in [0.15, 0.2) is 0 Å². The summed E-state index contributed by atoms with van der Waals surface area (Å²) < 4.78 is 5.29. The van der Waals surface area contributed by atoms with E-state index in [1.165, 1.54) is 0 Å². The van der Waals surface area contributed by atoms with Crippen LogP contribution in [0, 0.1) is 5.92 Å². The van der Waals surface area contributed by atoms with Crippen LogP contribution in [0.15, 0.2) is 0 Å². The molecule has 1 rings (SSSR count). The number of aliphatic hydroxyl groups is 1. The molecule has 1 heterocycles. The quantitative estimate of drug-likeness (QED) is 0.717. The van der Waals surface area contributed by atoms with E-state index in [-0.39, 0.29) is 6.10 Å². The minimum Gasteiger partial charge on any atom is -0.481 e. The SMILES string of the molecule is CCC(C(=O)O)C1(O)CCOC(C)C1. The fourth-order valence-corrected chi connectivity index (χ4v) is 2.20. The van der Waals surface area contributed by atoms with E-state index >= 15 is 0 Å². The molecular weight excluding hydrogens is 184 g/mol. The number of carboxylic acid groups (broad SMARTS) is 1. The molecule has 4 heteroatoms. The standard InChI is InChI=1S/C10H18O4/c1-3-8(9(11)12)10(13)4-5-14-7(2)6-10/h7-8,13H,3-6H2,1-2H3,(H,11,12). The summed E-state index contributed by atoms with van der Waals surface area (Å²) in [5.74, 6) is -1.59. The molecule has 1 fully saturated rings. The van der Waals surface area contributed by atoms with Crippen molar-refractivity contribution >= 4 is 5.97 Å². The van der Waals surface area contributed by atoms with Gasteiger partial charge in [-0.05, 0) is 13.3 Å². The van der Waals surface area contributed by atoms with Crippen LogP contribution in [0.4, 0.5) is 0 Å². The lowest BCUT2D eigenvalue weighted by atomic mass is 9.78. The minimum atomic E-state index is -1.09. The summed E-state index contributed by atoms with van der Waals surface area (Å²) in [4.78, 5) is 10.9. The largest absolute Gasteiger partial charge is 0.481 e. The highest BCUT2D eigenvalue weighted by Gasteiger charge is 2.43. The summed E-state index contributed by atoms with van der Waals surface area (Å²) in [6.07, 6.45) is 1.24. The smallest absolute Gasteiger partial charge is 0.309 e. The molecule has 1 aliphatic heterocycles. The van der Waals surface area contributed by atoms with Crippen molar-refractivity contribution in [3.63, 3.8) is 0 Å². The topological polar surface area (TPSA) is 66.8 Å². The molecule has 4 nitrogen and oxygen atoms in total. The highest BCUT2D eigenvalue weighted by Crippen LogP contribution is 2.33. The van der Waals surface area contributed by atoms with Gasteiger partial charge in [0.2, 0.25) is 0 Å². The first-order valence-electron chi connectivity index (χ1n) is 5.06. The van der Waals surface area contributed by atoms with Gasteiger partial charge in [-0.1, -0.05) is 6.92 Å². The van der Waals surface area contributed by atoms with Gasteiger partial charge in [0, 0.05) is 19.4 Å². The number of hydrogen-bond acceptors (Lipinski definition) is 3. The van der Waals surface area contributed by atoms with E-state index in [4.69, 9.17) is 9.84 Å². The number of hydrogen-bond donors (Lipinski definition) is 2. The van der Waals surface area contributed by atoms with E-state index in [9.17, 15) is 9.90 Å². The lowest BCUT2D eigenvalue weighted by molar-refractivity contribution is -0.166. The van der Waals surface area contributed by atoms with Crippen molar-refractivity contribution in [1.29, 1.82) is 0 Å². The van der Waals surface area contributed by atoms with Crippen LogP contribution in [0.3, 0.4) is 0 Å². The summed E-state index contributed by atoms with van der Waals surface area (Å²) >= 11 is 0. The summed E-state index contributed by atoms with van der Waals surface area (Å²) in [5, 5.41) is 19.2. The fraction of sp³-hybridized carbons (Fsp3) is 0.900. The predicted octanol–water partition coefficient (Wildman–Crippen LogP) is 1.03. The summed E-state index contributed by atoms with van der Waals surface area (Å²) in [6.45, 7) is 4.09. The summed E-state index contributed by atoms with van der Waals surface area (Å²) in [7, 11) is 0. The van der Waals surface area contributed by atoms with Gasteiger partial charge >= 0.3 is 5.97 Å². The molecule has 14 heavy (non-hydrogen) atoms. The molecule has 0 radical (unpaired) electrons. The predicted molar refractivity (Wildman–Crippen MR) is 51.0 cm³/mol. The number of carbonyl (C=O) groups is 1. The molecule has 0 amide bonds. The van der Waals surface area contributed by atoms with Crippen molar-refractivity contribution in [3.05, 3.63) is 0 Å². The highest BCUT2D eigenvalue weighted by molar-refractivity contribution is 5.71. The van der Waals surface area contributed by atoms with Gasteiger partial charge in [0.1, 0.15) is 0 Å². The molecule has 2 N–H and O–H groups in total. The molecule has 0 aliphatic carbocycles. The van der Waals surface area contributed by atoms with Crippen molar-refractivity contribution < 1.29 is 19.7 Å². The zero-order valence-electron chi connectivity index (χ0n) is 8.69. The van der Waals surface area contributed by atoms with Crippen LogP contribution in [-0.2, 0) is 9.53 Å². The Morgan fingerprint density at radius 2 is 2.36 bits per heavy atom. The molecule has 0 spiro atoms. The average Bonchev–Trinajstić information content (AvgIpc) is 2.02. The first kappa shape index (κ1) is 11.5. The summed E-state index contributed by atoms with van der Waals surface area (Å²) in [6, 6.07) is 0. The van der Waals surface area contributed by atoms with Gasteiger partial charge in [0.05, 0.1) is 17.6 Å². The van der Waals surface area contributed by atoms with Crippen molar-refractivity contribution in [2.24, 2.45) is 5.92 Å². The van der Waals surface area contributed by atoms with Gasteiger partial charge in [-0.15, -0.1) is 0 Å². The van der Waals surface area contributed by atoms with Gasteiger partial charge in [-0.2, -0.15) is 0 Å². The molecular formula is C10H18O4. The Hall–Kier alpha value is -0.610. The van der Waals surface area contributed by atoms with Crippen LogP contribution >= 0.6 is 0 Å².